The van der Waals surface area contributed by atoms with Crippen molar-refractivity contribution in [2.24, 2.45) is 5.41 Å². The summed E-state index contributed by atoms with van der Waals surface area (Å²) in [6, 6.07) is 0.250. The fraction of sp³-hybridized carbons (Fsp3) is 0.625. The Bertz CT molecular complexity index is 1010. The first-order valence-corrected chi connectivity index (χ1v) is 11.5. The summed E-state index contributed by atoms with van der Waals surface area (Å²) in [4.78, 5) is 39.5. The van der Waals surface area contributed by atoms with E-state index in [0.29, 0.717) is 31.4 Å². The zero-order chi connectivity index (χ0) is 26.3. The number of carboxylic acids is 1. The summed E-state index contributed by atoms with van der Waals surface area (Å²) in [5.74, 6) is -3.93. The van der Waals surface area contributed by atoms with E-state index in [0.717, 1.165) is 6.07 Å². The normalized spacial score (nSPS) is 27.7. The fourth-order valence-electron chi connectivity index (χ4n) is 5.16. The van der Waals surface area contributed by atoms with E-state index in [1.807, 2.05) is 20.8 Å². The fourth-order valence-corrected chi connectivity index (χ4v) is 5.16. The quantitative estimate of drug-likeness (QED) is 0.536. The van der Waals surface area contributed by atoms with E-state index < -0.39 is 58.4 Å². The summed E-state index contributed by atoms with van der Waals surface area (Å²) < 4.78 is 52.5. The topological polar surface area (TPSA) is 98.7 Å². The zero-order valence-electron chi connectivity index (χ0n) is 20.1. The molecule has 0 spiro atoms. The van der Waals surface area contributed by atoms with Gasteiger partial charge in [0.2, 0.25) is 5.91 Å². The molecule has 3 rings (SSSR count). The van der Waals surface area contributed by atoms with Gasteiger partial charge in [0, 0.05) is 29.7 Å². The first kappa shape index (κ1) is 26.9. The van der Waals surface area contributed by atoms with Crippen LogP contribution in [0, 0.1) is 11.2 Å². The van der Waals surface area contributed by atoms with Crippen molar-refractivity contribution in [2.45, 2.75) is 83.2 Å². The molecule has 1 aliphatic carbocycles. The lowest BCUT2D eigenvalue weighted by Gasteiger charge is -2.47. The van der Waals surface area contributed by atoms with E-state index in [2.05, 4.69) is 10.6 Å². The minimum atomic E-state index is -4.97. The first-order valence-electron chi connectivity index (χ1n) is 11.5. The Balaban J connectivity index is 1.73. The number of likely N-dealkylation sites (tertiary alicyclic amines) is 1. The third-order valence-corrected chi connectivity index (χ3v) is 6.78. The maximum absolute atomic E-state index is 13.5. The Kier molecular flexibility index (Phi) is 7.23. The molecule has 0 bridgehead atoms. The van der Waals surface area contributed by atoms with Crippen LogP contribution in [0.2, 0.25) is 0 Å². The highest BCUT2D eigenvalue weighted by atomic mass is 19.4. The van der Waals surface area contributed by atoms with Crippen LogP contribution in [0.15, 0.2) is 18.2 Å². The van der Waals surface area contributed by atoms with Crippen LogP contribution >= 0.6 is 0 Å². The van der Waals surface area contributed by atoms with Crippen LogP contribution < -0.4 is 10.6 Å². The van der Waals surface area contributed by atoms with Gasteiger partial charge in [0.1, 0.15) is 11.9 Å². The second-order valence-corrected chi connectivity index (χ2v) is 10.6. The number of alkyl halides is 3. The van der Waals surface area contributed by atoms with Gasteiger partial charge < -0.3 is 20.6 Å². The molecule has 35 heavy (non-hydrogen) atoms. The Labute approximate surface area is 201 Å². The molecule has 4 atom stereocenters. The van der Waals surface area contributed by atoms with Gasteiger partial charge in [-0.25, -0.2) is 4.39 Å². The van der Waals surface area contributed by atoms with Crippen molar-refractivity contribution >= 4 is 17.8 Å². The molecule has 2 aliphatic rings. The molecule has 1 unspecified atom stereocenters. The van der Waals surface area contributed by atoms with Crippen molar-refractivity contribution in [3.05, 3.63) is 35.1 Å². The SMILES string of the molecule is CC(C)(C)N[C@@H]1CC[C@H](N2CCC(NC(=O)c3ccc(F)c(C(F)(F)F)c3)C2=O)[C@](C)(C(=O)O)C1. The predicted molar refractivity (Wildman–Crippen MR) is 119 cm³/mol. The van der Waals surface area contributed by atoms with Gasteiger partial charge in [-0.3, -0.25) is 14.4 Å². The van der Waals surface area contributed by atoms with Crippen molar-refractivity contribution < 1.29 is 37.1 Å². The number of halogens is 4. The van der Waals surface area contributed by atoms with Crippen LogP contribution in [0.5, 0.6) is 0 Å². The van der Waals surface area contributed by atoms with Gasteiger partial charge in [0.25, 0.3) is 5.91 Å². The zero-order valence-corrected chi connectivity index (χ0v) is 20.1. The third-order valence-electron chi connectivity index (χ3n) is 6.78. The lowest BCUT2D eigenvalue weighted by molar-refractivity contribution is -0.158. The summed E-state index contributed by atoms with van der Waals surface area (Å²) in [7, 11) is 0. The third kappa shape index (κ3) is 5.76. The molecular formula is C24H31F4N3O4. The van der Waals surface area contributed by atoms with E-state index in [9.17, 15) is 37.1 Å². The van der Waals surface area contributed by atoms with E-state index in [1.165, 1.54) is 4.90 Å². The van der Waals surface area contributed by atoms with Crippen LogP contribution in [0.3, 0.4) is 0 Å². The molecule has 7 nitrogen and oxygen atoms in total. The number of rotatable bonds is 5. The first-order chi connectivity index (χ1) is 16.0. The van der Waals surface area contributed by atoms with Crippen molar-refractivity contribution in [2.75, 3.05) is 6.54 Å². The van der Waals surface area contributed by atoms with Crippen molar-refractivity contribution in [3.8, 4) is 0 Å². The summed E-state index contributed by atoms with van der Waals surface area (Å²) in [5, 5.41) is 15.9. The Morgan fingerprint density at radius 2 is 1.80 bits per heavy atom. The number of carbonyl (C=O) groups excluding carboxylic acids is 2. The van der Waals surface area contributed by atoms with Gasteiger partial charge in [0.05, 0.1) is 11.0 Å². The van der Waals surface area contributed by atoms with Gasteiger partial charge in [0.15, 0.2) is 0 Å². The van der Waals surface area contributed by atoms with Gasteiger partial charge in [-0.2, -0.15) is 13.2 Å². The lowest BCUT2D eigenvalue weighted by Crippen LogP contribution is -2.59. The maximum atomic E-state index is 13.5. The average molecular weight is 502 g/mol. The minimum absolute atomic E-state index is 0.0399. The molecule has 3 N–H and O–H groups in total. The summed E-state index contributed by atoms with van der Waals surface area (Å²) in [6.45, 7) is 7.81. The summed E-state index contributed by atoms with van der Waals surface area (Å²) in [6.07, 6.45) is -3.34. The van der Waals surface area contributed by atoms with Gasteiger partial charge in [-0.1, -0.05) is 0 Å². The highest BCUT2D eigenvalue weighted by Crippen LogP contribution is 2.41. The number of hydrogen-bond donors (Lipinski definition) is 3. The monoisotopic (exact) mass is 501 g/mol. The van der Waals surface area contributed by atoms with Crippen LogP contribution in [-0.4, -0.2) is 58.0 Å². The van der Waals surface area contributed by atoms with E-state index in [4.69, 9.17) is 0 Å². The molecule has 194 valence electrons. The number of nitrogens with one attached hydrogen (secondary N) is 2. The second kappa shape index (κ2) is 9.40. The smallest absolute Gasteiger partial charge is 0.419 e. The number of benzene rings is 1. The van der Waals surface area contributed by atoms with E-state index in [-0.39, 0.29) is 24.5 Å². The Hall–Kier alpha value is -2.69. The summed E-state index contributed by atoms with van der Waals surface area (Å²) in [5.41, 5.74) is -3.41. The van der Waals surface area contributed by atoms with Crippen molar-refractivity contribution in [1.29, 1.82) is 0 Å². The van der Waals surface area contributed by atoms with E-state index in [1.54, 1.807) is 6.92 Å². The molecule has 0 aromatic heterocycles. The highest BCUT2D eigenvalue weighted by molar-refractivity contribution is 5.98. The molecule has 1 aromatic rings. The molecule has 1 saturated carbocycles. The molecule has 2 amide bonds. The van der Waals surface area contributed by atoms with Crippen molar-refractivity contribution in [1.82, 2.24) is 15.5 Å². The summed E-state index contributed by atoms with van der Waals surface area (Å²) >= 11 is 0. The Morgan fingerprint density at radius 1 is 1.14 bits per heavy atom. The standard InChI is InChI=1S/C24H31F4N3O4/c1-22(2,3)30-14-6-8-18(23(4,12-14)21(34)35)31-10-9-17(20(31)33)29-19(32)13-5-7-16(25)15(11-13)24(26,27)28/h5,7,11,14,17-18,30H,6,8-10,12H2,1-4H3,(H,29,32)(H,34,35)/t14-,17?,18+,23-/m1/s1. The molecular weight excluding hydrogens is 470 g/mol. The van der Waals surface area contributed by atoms with Gasteiger partial charge in [-0.15, -0.1) is 0 Å². The second-order valence-electron chi connectivity index (χ2n) is 10.6. The molecule has 1 heterocycles. The molecule has 0 radical (unpaired) electrons. The van der Waals surface area contributed by atoms with Gasteiger partial charge in [-0.05, 0) is 71.6 Å². The van der Waals surface area contributed by atoms with Crippen LogP contribution in [0.4, 0.5) is 17.6 Å². The highest BCUT2D eigenvalue weighted by Gasteiger charge is 2.52. The van der Waals surface area contributed by atoms with Crippen LogP contribution in [-0.2, 0) is 15.8 Å². The van der Waals surface area contributed by atoms with Crippen molar-refractivity contribution in [3.63, 3.8) is 0 Å². The average Bonchev–Trinajstić information content (AvgIpc) is 3.06. The largest absolute Gasteiger partial charge is 0.481 e. The number of carboxylic acid groups (broad SMARTS) is 1. The number of carbonyl (C=O) groups is 3. The maximum Gasteiger partial charge on any atom is 0.419 e. The molecule has 1 aromatic carbocycles. The number of amides is 2. The Morgan fingerprint density at radius 3 is 2.37 bits per heavy atom. The lowest BCUT2D eigenvalue weighted by atomic mass is 9.68. The van der Waals surface area contributed by atoms with E-state index >= 15 is 0 Å². The van der Waals surface area contributed by atoms with Crippen LogP contribution in [0.1, 0.15) is 69.3 Å². The molecule has 1 aliphatic heterocycles. The number of aliphatic carboxylic acids is 1. The minimum Gasteiger partial charge on any atom is -0.481 e. The number of nitrogens with zero attached hydrogens (tertiary/aromatic N) is 1. The molecule has 11 heteroatoms. The number of hydrogen-bond acceptors (Lipinski definition) is 4. The molecule has 1 saturated heterocycles. The van der Waals surface area contributed by atoms with Crippen LogP contribution in [0.25, 0.3) is 0 Å². The predicted octanol–water partition coefficient (Wildman–Crippen LogP) is 3.58. The molecule has 2 fully saturated rings. The van der Waals surface area contributed by atoms with Gasteiger partial charge >= 0.3 is 12.1 Å².